The summed E-state index contributed by atoms with van der Waals surface area (Å²) in [6.45, 7) is 5.63. The molecule has 1 N–H and O–H groups in total. The van der Waals surface area contributed by atoms with E-state index in [4.69, 9.17) is 5.21 Å². The Morgan fingerprint density at radius 3 is 2.90 bits per heavy atom. The zero-order valence-corrected chi connectivity index (χ0v) is 5.94. The Morgan fingerprint density at radius 1 is 1.80 bits per heavy atom. The van der Waals surface area contributed by atoms with Crippen molar-refractivity contribution in [1.29, 1.82) is 0 Å². The Labute approximate surface area is 59.8 Å². The van der Waals surface area contributed by atoms with Crippen LogP contribution in [0.5, 0.6) is 0 Å². The van der Waals surface area contributed by atoms with Gasteiger partial charge in [0.1, 0.15) is 12.2 Å². The van der Waals surface area contributed by atoms with E-state index in [9.17, 15) is 0 Å². The summed E-state index contributed by atoms with van der Waals surface area (Å²) in [5.74, 6) is 0. The molecular formula is C7H11N2O+. The van der Waals surface area contributed by atoms with Gasteiger partial charge in [-0.1, -0.05) is 11.3 Å². The Hall–Kier alpha value is -1.25. The van der Waals surface area contributed by atoms with Crippen LogP contribution in [0, 0.1) is 0 Å². The topological polar surface area (TPSA) is 29.0 Å². The number of hydrogen-bond acceptors (Lipinski definition) is 1. The summed E-state index contributed by atoms with van der Waals surface area (Å²) in [6.07, 6.45) is 6.75. The van der Waals surface area contributed by atoms with Gasteiger partial charge in [-0.3, -0.25) is 0 Å². The molecule has 0 aliphatic heterocycles. The molecule has 3 heteroatoms. The summed E-state index contributed by atoms with van der Waals surface area (Å²) < 4.78 is 2.87. The summed E-state index contributed by atoms with van der Waals surface area (Å²) in [6, 6.07) is 0.230. The molecule has 0 fully saturated rings. The van der Waals surface area contributed by atoms with Crippen molar-refractivity contribution in [3.8, 4) is 0 Å². The molecule has 0 saturated heterocycles. The van der Waals surface area contributed by atoms with Crippen LogP contribution in [0.15, 0.2) is 31.4 Å². The van der Waals surface area contributed by atoms with E-state index in [1.807, 2.05) is 11.5 Å². The normalized spacial score (nSPS) is 12.9. The Bertz CT molecular complexity index is 229. The van der Waals surface area contributed by atoms with Gasteiger partial charge in [0, 0.05) is 0 Å². The van der Waals surface area contributed by atoms with Gasteiger partial charge in [-0.2, -0.15) is 0 Å². The Morgan fingerprint density at radius 2 is 2.50 bits per heavy atom. The van der Waals surface area contributed by atoms with Crippen LogP contribution in [0.3, 0.4) is 0 Å². The minimum Gasteiger partial charge on any atom is -0.350 e. The van der Waals surface area contributed by atoms with E-state index in [0.29, 0.717) is 0 Å². The van der Waals surface area contributed by atoms with E-state index in [0.717, 1.165) is 4.73 Å². The predicted octanol–water partition coefficient (Wildman–Crippen LogP) is 0.760. The van der Waals surface area contributed by atoms with Crippen LogP contribution in [0.25, 0.3) is 0 Å². The van der Waals surface area contributed by atoms with Crippen molar-refractivity contribution in [2.24, 2.45) is 0 Å². The van der Waals surface area contributed by atoms with Crippen LogP contribution in [0.4, 0.5) is 0 Å². The van der Waals surface area contributed by atoms with Crippen molar-refractivity contribution in [2.45, 2.75) is 13.0 Å². The fraction of sp³-hybridized carbons (Fsp3) is 0.286. The van der Waals surface area contributed by atoms with Crippen LogP contribution < -0.4 is 4.73 Å². The quantitative estimate of drug-likeness (QED) is 0.366. The summed E-state index contributed by atoms with van der Waals surface area (Å²) in [4.78, 5) is 0. The predicted molar refractivity (Wildman–Crippen MR) is 36.7 cm³/mol. The molecule has 10 heavy (non-hydrogen) atoms. The van der Waals surface area contributed by atoms with Crippen molar-refractivity contribution in [3.05, 3.63) is 31.4 Å². The van der Waals surface area contributed by atoms with Crippen molar-refractivity contribution in [2.75, 3.05) is 0 Å². The maximum absolute atomic E-state index is 8.86. The summed E-state index contributed by atoms with van der Waals surface area (Å²) in [5, 5.41) is 8.86. The van der Waals surface area contributed by atoms with E-state index in [1.54, 1.807) is 24.8 Å². The molecule has 1 heterocycles. The molecule has 0 saturated carbocycles. The lowest BCUT2D eigenvalue weighted by Crippen LogP contribution is -2.26. The zero-order chi connectivity index (χ0) is 7.56. The van der Waals surface area contributed by atoms with Crippen LogP contribution in [-0.4, -0.2) is 9.77 Å². The second kappa shape index (κ2) is 2.56. The number of imidazole rings is 1. The molecule has 0 aliphatic carbocycles. The molecule has 0 aromatic carbocycles. The van der Waals surface area contributed by atoms with E-state index in [2.05, 4.69) is 6.58 Å². The first-order chi connectivity index (χ1) is 4.74. The summed E-state index contributed by atoms with van der Waals surface area (Å²) >= 11 is 0. The fourth-order valence-corrected chi connectivity index (χ4v) is 0.722. The third-order valence-corrected chi connectivity index (χ3v) is 1.45. The number of aromatic nitrogens is 2. The van der Waals surface area contributed by atoms with Crippen LogP contribution in [-0.2, 0) is 0 Å². The van der Waals surface area contributed by atoms with E-state index in [-0.39, 0.29) is 6.04 Å². The lowest BCUT2D eigenvalue weighted by molar-refractivity contribution is -0.904. The first-order valence-electron chi connectivity index (χ1n) is 3.14. The highest BCUT2D eigenvalue weighted by molar-refractivity contribution is 4.83. The standard InChI is InChI=1S/C7H11N2O/c1-3-7(2)8-4-5-9(10)6-8/h3-7,10H,1H2,2H3/q+1. The minimum absolute atomic E-state index is 0.230. The molecule has 0 amide bonds. The average Bonchev–Trinajstić information content (AvgIpc) is 2.34. The van der Waals surface area contributed by atoms with Crippen molar-refractivity contribution in [1.82, 2.24) is 4.57 Å². The van der Waals surface area contributed by atoms with Crippen molar-refractivity contribution >= 4 is 0 Å². The molecule has 1 aromatic rings. The van der Waals surface area contributed by atoms with Gasteiger partial charge in [0.05, 0.1) is 0 Å². The van der Waals surface area contributed by atoms with Gasteiger partial charge in [-0.15, -0.1) is 0 Å². The van der Waals surface area contributed by atoms with Crippen molar-refractivity contribution < 1.29 is 9.94 Å². The Balaban J connectivity index is 2.84. The van der Waals surface area contributed by atoms with Crippen LogP contribution >= 0.6 is 0 Å². The average molecular weight is 139 g/mol. The van der Waals surface area contributed by atoms with Crippen LogP contribution in [0.2, 0.25) is 0 Å². The first kappa shape index (κ1) is 6.86. The highest BCUT2D eigenvalue weighted by Crippen LogP contribution is 2.02. The van der Waals surface area contributed by atoms with E-state index in [1.165, 1.54) is 0 Å². The van der Waals surface area contributed by atoms with Gasteiger partial charge in [0.2, 0.25) is 0 Å². The SMILES string of the molecule is C=CC(C)n1cc[n+](O)c1. The maximum atomic E-state index is 8.86. The molecule has 1 unspecified atom stereocenters. The van der Waals surface area contributed by atoms with Gasteiger partial charge in [-0.05, 0) is 13.0 Å². The molecular weight excluding hydrogens is 128 g/mol. The molecule has 1 rings (SSSR count). The minimum atomic E-state index is 0.230. The largest absolute Gasteiger partial charge is 0.350 e. The zero-order valence-electron chi connectivity index (χ0n) is 5.94. The number of allylic oxidation sites excluding steroid dienone is 1. The van der Waals surface area contributed by atoms with E-state index >= 15 is 0 Å². The molecule has 0 spiro atoms. The summed E-state index contributed by atoms with van der Waals surface area (Å²) in [5.41, 5.74) is 0. The lowest BCUT2D eigenvalue weighted by Gasteiger charge is -1.97. The number of rotatable bonds is 2. The molecule has 1 aromatic heterocycles. The summed E-state index contributed by atoms with van der Waals surface area (Å²) in [7, 11) is 0. The molecule has 0 aliphatic rings. The van der Waals surface area contributed by atoms with Crippen molar-refractivity contribution in [3.63, 3.8) is 0 Å². The molecule has 0 radical (unpaired) electrons. The smallest absolute Gasteiger partial charge is 0.284 e. The van der Waals surface area contributed by atoms with Gasteiger partial charge >= 0.3 is 0 Å². The second-order valence-electron chi connectivity index (χ2n) is 2.22. The molecule has 3 nitrogen and oxygen atoms in total. The number of hydrogen-bond donors (Lipinski definition) is 1. The van der Waals surface area contributed by atoms with Gasteiger partial charge < -0.3 is 5.21 Å². The van der Waals surface area contributed by atoms with Gasteiger partial charge in [0.25, 0.3) is 6.33 Å². The first-order valence-corrected chi connectivity index (χ1v) is 3.14. The van der Waals surface area contributed by atoms with Crippen LogP contribution in [0.1, 0.15) is 13.0 Å². The molecule has 0 bridgehead atoms. The lowest BCUT2D eigenvalue weighted by atomic mass is 10.3. The fourth-order valence-electron chi connectivity index (χ4n) is 0.722. The van der Waals surface area contributed by atoms with E-state index < -0.39 is 0 Å². The van der Waals surface area contributed by atoms with Gasteiger partial charge in [0.15, 0.2) is 6.20 Å². The highest BCUT2D eigenvalue weighted by Gasteiger charge is 2.05. The molecule has 1 atom stereocenters. The maximum Gasteiger partial charge on any atom is 0.284 e. The molecule has 54 valence electrons. The Kier molecular flexibility index (Phi) is 1.76. The third-order valence-electron chi connectivity index (χ3n) is 1.45. The number of nitrogens with zero attached hydrogens (tertiary/aromatic N) is 2. The highest BCUT2D eigenvalue weighted by atomic mass is 16.5. The third kappa shape index (κ3) is 1.18. The second-order valence-corrected chi connectivity index (χ2v) is 2.22. The monoisotopic (exact) mass is 139 g/mol. The van der Waals surface area contributed by atoms with Gasteiger partial charge in [-0.25, -0.2) is 4.57 Å².